The van der Waals surface area contributed by atoms with Crippen molar-refractivity contribution >= 4 is 45.6 Å². The molecule has 0 heterocycles. The van der Waals surface area contributed by atoms with Crippen LogP contribution in [-0.4, -0.2) is 35.4 Å². The lowest BCUT2D eigenvalue weighted by molar-refractivity contribution is -0.107. The Bertz CT molecular complexity index is 581. The van der Waals surface area contributed by atoms with Gasteiger partial charge in [-0.3, -0.25) is 9.59 Å². The third-order valence-electron chi connectivity index (χ3n) is 2.50. The Morgan fingerprint density at radius 3 is 2.58 bits per heavy atom. The molecule has 0 aliphatic rings. The Labute approximate surface area is 119 Å². The van der Waals surface area contributed by atoms with Gasteiger partial charge in [0.05, 0.1) is 39.5 Å². The molecule has 7 heteroatoms. The van der Waals surface area contributed by atoms with Crippen molar-refractivity contribution in [3.63, 3.8) is 0 Å². The van der Waals surface area contributed by atoms with Crippen molar-refractivity contribution in [1.29, 1.82) is 0 Å². The molecule has 0 bridgehead atoms. The highest BCUT2D eigenvalue weighted by Crippen LogP contribution is 2.32. The molecule has 1 rings (SSSR count). The van der Waals surface area contributed by atoms with Gasteiger partial charge in [-0.05, 0) is 19.1 Å². The first-order valence-electron chi connectivity index (χ1n) is 5.20. The number of carbonyl (C=O) groups is 2. The molecule has 0 aliphatic heterocycles. The van der Waals surface area contributed by atoms with E-state index in [0.29, 0.717) is 17.8 Å². The number of rotatable bonds is 5. The summed E-state index contributed by atoms with van der Waals surface area (Å²) in [4.78, 5) is 24.2. The number of Topliss-reactive ketones (excluding diaryl/α,β-unsaturated/α-hetero) is 1. The van der Waals surface area contributed by atoms with Gasteiger partial charge in [0.2, 0.25) is 12.2 Å². The van der Waals surface area contributed by atoms with Gasteiger partial charge < -0.3 is 9.64 Å². The van der Waals surface area contributed by atoms with Crippen LogP contribution in [0.4, 0.5) is 5.69 Å². The van der Waals surface area contributed by atoms with Crippen LogP contribution in [0, 0.1) is 0 Å². The van der Waals surface area contributed by atoms with E-state index in [9.17, 15) is 13.8 Å². The number of ketones is 1. The van der Waals surface area contributed by atoms with E-state index in [1.807, 2.05) is 0 Å². The standard InChI is InChI=1S/C12H12ClNO4S/c1-7(19-17)12(16)8-4-11(18-3)9(13)5-10(8)14(2)6-15/h4-6H,1-3H3. The Kier molecular flexibility index (Phi) is 5.26. The van der Waals surface area contributed by atoms with E-state index in [4.69, 9.17) is 16.3 Å². The number of anilines is 1. The zero-order chi connectivity index (χ0) is 14.6. The number of ether oxygens (including phenoxy) is 1. The number of methoxy groups -OCH3 is 1. The zero-order valence-electron chi connectivity index (χ0n) is 10.6. The van der Waals surface area contributed by atoms with Gasteiger partial charge in [-0.15, -0.1) is 0 Å². The normalized spacial score (nSPS) is 9.68. The van der Waals surface area contributed by atoms with Crippen molar-refractivity contribution in [2.45, 2.75) is 6.92 Å². The van der Waals surface area contributed by atoms with Crippen molar-refractivity contribution in [1.82, 2.24) is 0 Å². The first kappa shape index (κ1) is 15.4. The Morgan fingerprint density at radius 1 is 1.47 bits per heavy atom. The summed E-state index contributed by atoms with van der Waals surface area (Å²) < 4.78 is 15.8. The van der Waals surface area contributed by atoms with E-state index >= 15 is 0 Å². The van der Waals surface area contributed by atoms with Gasteiger partial charge in [-0.25, -0.2) is 4.21 Å². The quantitative estimate of drug-likeness (QED) is 0.470. The highest BCUT2D eigenvalue weighted by molar-refractivity contribution is 7.68. The summed E-state index contributed by atoms with van der Waals surface area (Å²) >= 11 is 6.08. The van der Waals surface area contributed by atoms with Crippen LogP contribution >= 0.6 is 11.6 Å². The van der Waals surface area contributed by atoms with Gasteiger partial charge in [-0.1, -0.05) is 11.6 Å². The molecule has 0 unspecified atom stereocenters. The molecule has 0 fully saturated rings. The highest BCUT2D eigenvalue weighted by Gasteiger charge is 2.19. The maximum absolute atomic E-state index is 12.1. The van der Waals surface area contributed by atoms with Gasteiger partial charge in [0.15, 0.2) is 0 Å². The highest BCUT2D eigenvalue weighted by atomic mass is 35.5. The monoisotopic (exact) mass is 301 g/mol. The van der Waals surface area contributed by atoms with E-state index in [1.54, 1.807) is 0 Å². The van der Waals surface area contributed by atoms with E-state index in [1.165, 1.54) is 38.1 Å². The van der Waals surface area contributed by atoms with Crippen molar-refractivity contribution in [3.8, 4) is 5.75 Å². The molecule has 1 aromatic rings. The number of benzene rings is 1. The number of halogens is 1. The average molecular weight is 302 g/mol. The Balaban J connectivity index is 3.53. The van der Waals surface area contributed by atoms with E-state index in [-0.39, 0.29) is 26.7 Å². The fourth-order valence-electron chi connectivity index (χ4n) is 1.46. The summed E-state index contributed by atoms with van der Waals surface area (Å²) in [6, 6.07) is 2.87. The van der Waals surface area contributed by atoms with Gasteiger partial charge in [0.1, 0.15) is 5.75 Å². The molecule has 0 saturated carbocycles. The van der Waals surface area contributed by atoms with Crippen LogP contribution in [0.25, 0.3) is 0 Å². The van der Waals surface area contributed by atoms with E-state index in [0.717, 1.165) is 0 Å². The summed E-state index contributed by atoms with van der Waals surface area (Å²) in [6.07, 6.45) is 0.550. The SMILES string of the molecule is COc1cc(C(=O)C(C)=S=O)c(N(C)C=O)cc1Cl. The second kappa shape index (κ2) is 6.49. The van der Waals surface area contributed by atoms with Crippen molar-refractivity contribution in [2.75, 3.05) is 19.1 Å². The van der Waals surface area contributed by atoms with Crippen LogP contribution in [0.15, 0.2) is 12.1 Å². The molecular formula is C12H12ClNO4S. The minimum Gasteiger partial charge on any atom is -0.495 e. The largest absolute Gasteiger partial charge is 0.495 e. The predicted molar refractivity (Wildman–Crippen MR) is 75.6 cm³/mol. The molecule has 0 atom stereocenters. The molecule has 0 spiro atoms. The number of nitrogens with zero attached hydrogens (tertiary/aromatic N) is 1. The minimum absolute atomic E-state index is 0.0740. The molecule has 0 N–H and O–H groups in total. The third kappa shape index (κ3) is 3.21. The molecule has 0 aromatic heterocycles. The topological polar surface area (TPSA) is 63.7 Å². The number of carbonyl (C=O) groups excluding carboxylic acids is 2. The Morgan fingerprint density at radius 2 is 2.11 bits per heavy atom. The molecule has 19 heavy (non-hydrogen) atoms. The Hall–Kier alpha value is -1.66. The summed E-state index contributed by atoms with van der Waals surface area (Å²) in [7, 11) is 2.90. The van der Waals surface area contributed by atoms with Crippen LogP contribution in [-0.2, 0) is 16.1 Å². The molecule has 5 nitrogen and oxygen atoms in total. The molecule has 1 amide bonds. The first-order valence-corrected chi connectivity index (χ1v) is 6.32. The second-order valence-electron chi connectivity index (χ2n) is 3.69. The maximum Gasteiger partial charge on any atom is 0.213 e. The second-order valence-corrected chi connectivity index (χ2v) is 4.88. The molecule has 1 aromatic carbocycles. The number of amides is 1. The van der Waals surface area contributed by atoms with Crippen molar-refractivity contribution in [3.05, 3.63) is 22.7 Å². The van der Waals surface area contributed by atoms with Crippen LogP contribution < -0.4 is 9.64 Å². The first-order chi connectivity index (χ1) is 8.96. The lowest BCUT2D eigenvalue weighted by Crippen LogP contribution is -2.20. The number of hydrogen-bond donors (Lipinski definition) is 0. The van der Waals surface area contributed by atoms with Gasteiger partial charge in [0, 0.05) is 7.05 Å². The van der Waals surface area contributed by atoms with Crippen molar-refractivity contribution in [2.24, 2.45) is 0 Å². The van der Waals surface area contributed by atoms with Crippen LogP contribution in [0.3, 0.4) is 0 Å². The maximum atomic E-state index is 12.1. The molecular weight excluding hydrogens is 290 g/mol. The molecule has 0 saturated heterocycles. The van der Waals surface area contributed by atoms with Crippen LogP contribution in [0.2, 0.25) is 5.02 Å². The lowest BCUT2D eigenvalue weighted by Gasteiger charge is -2.17. The molecule has 0 radical (unpaired) electrons. The minimum atomic E-state index is -0.460. The fraction of sp³-hybridized carbons (Fsp3) is 0.250. The van der Waals surface area contributed by atoms with E-state index in [2.05, 4.69) is 0 Å². The summed E-state index contributed by atoms with van der Waals surface area (Å²) in [5.74, 6) is -0.157. The summed E-state index contributed by atoms with van der Waals surface area (Å²) in [5.41, 5.74) is 0.510. The van der Waals surface area contributed by atoms with Gasteiger partial charge in [0.25, 0.3) is 0 Å². The number of hydrogen-bond acceptors (Lipinski definition) is 4. The summed E-state index contributed by atoms with van der Waals surface area (Å²) in [5, 5.41) is 0.273. The lowest BCUT2D eigenvalue weighted by atomic mass is 10.1. The predicted octanol–water partition coefficient (Wildman–Crippen LogP) is 1.53. The van der Waals surface area contributed by atoms with Gasteiger partial charge >= 0.3 is 0 Å². The third-order valence-corrected chi connectivity index (χ3v) is 3.23. The van der Waals surface area contributed by atoms with Crippen LogP contribution in [0.5, 0.6) is 5.75 Å². The fourth-order valence-corrected chi connectivity index (χ4v) is 1.88. The molecule has 0 aliphatic carbocycles. The van der Waals surface area contributed by atoms with Crippen molar-refractivity contribution < 1.29 is 18.5 Å². The zero-order valence-corrected chi connectivity index (χ0v) is 12.2. The molecule has 102 valence electrons. The van der Waals surface area contributed by atoms with Gasteiger partial charge in [-0.2, -0.15) is 0 Å². The van der Waals surface area contributed by atoms with E-state index < -0.39 is 5.78 Å². The average Bonchev–Trinajstić information content (AvgIpc) is 2.44. The summed E-state index contributed by atoms with van der Waals surface area (Å²) in [6.45, 7) is 1.42. The smallest absolute Gasteiger partial charge is 0.213 e. The van der Waals surface area contributed by atoms with Crippen LogP contribution in [0.1, 0.15) is 17.3 Å².